The van der Waals surface area contributed by atoms with E-state index in [1.165, 1.54) is 6.92 Å². The lowest BCUT2D eigenvalue weighted by molar-refractivity contribution is -0.141. The number of carboxylic acids is 1. The van der Waals surface area contributed by atoms with Gasteiger partial charge in [0.15, 0.2) is 6.04 Å². The second-order valence-corrected chi connectivity index (χ2v) is 5.98. The van der Waals surface area contributed by atoms with E-state index in [1.54, 1.807) is 0 Å². The lowest BCUT2D eigenvalue weighted by atomic mass is 9.91. The van der Waals surface area contributed by atoms with Crippen molar-refractivity contribution in [1.82, 2.24) is 14.9 Å². The maximum atomic E-state index is 12.0. The molecule has 2 atom stereocenters. The molecule has 1 aromatic rings. The van der Waals surface area contributed by atoms with Crippen LogP contribution < -0.4 is 5.32 Å². The molecular weight excluding hydrogens is 270 g/mol. The summed E-state index contributed by atoms with van der Waals surface area (Å²) >= 11 is 0.902. The van der Waals surface area contributed by atoms with Gasteiger partial charge in [-0.1, -0.05) is 25.3 Å². The van der Waals surface area contributed by atoms with Crippen LogP contribution in [0.3, 0.4) is 0 Å². The van der Waals surface area contributed by atoms with E-state index >= 15 is 0 Å². The highest BCUT2D eigenvalue weighted by atomic mass is 32.1. The molecule has 2 unspecified atom stereocenters. The fourth-order valence-electron chi connectivity index (χ4n) is 1.43. The van der Waals surface area contributed by atoms with Crippen LogP contribution >= 0.6 is 11.5 Å². The first-order valence-corrected chi connectivity index (χ1v) is 6.46. The number of hydrogen-bond donors (Lipinski definition) is 3. The van der Waals surface area contributed by atoms with Gasteiger partial charge in [-0.3, -0.25) is 4.79 Å². The molecule has 106 valence electrons. The van der Waals surface area contributed by atoms with Crippen molar-refractivity contribution < 1.29 is 19.8 Å². The Morgan fingerprint density at radius 1 is 1.37 bits per heavy atom. The van der Waals surface area contributed by atoms with Gasteiger partial charge in [0.2, 0.25) is 0 Å². The number of aliphatic hydroxyl groups excluding tert-OH is 1. The van der Waals surface area contributed by atoms with Crippen LogP contribution in [0, 0.1) is 0 Å². The number of rotatable bonds is 4. The van der Waals surface area contributed by atoms with E-state index < -0.39 is 24.0 Å². The number of carbonyl (C=O) groups excluding carboxylic acids is 1. The molecule has 8 heteroatoms. The molecule has 1 rings (SSSR count). The van der Waals surface area contributed by atoms with E-state index in [1.807, 2.05) is 20.8 Å². The summed E-state index contributed by atoms with van der Waals surface area (Å²) in [6.07, 6.45) is -1.19. The largest absolute Gasteiger partial charge is 0.480 e. The van der Waals surface area contributed by atoms with Gasteiger partial charge in [-0.25, -0.2) is 4.79 Å². The highest BCUT2D eigenvalue weighted by Crippen LogP contribution is 2.25. The molecule has 0 aliphatic rings. The van der Waals surface area contributed by atoms with Gasteiger partial charge in [0.1, 0.15) is 4.88 Å². The first-order chi connectivity index (χ1) is 8.64. The Hall–Kier alpha value is -1.54. The van der Waals surface area contributed by atoms with Crippen LogP contribution in [-0.4, -0.2) is 43.8 Å². The van der Waals surface area contributed by atoms with E-state index in [4.69, 9.17) is 5.11 Å². The van der Waals surface area contributed by atoms with Crippen molar-refractivity contribution in [3.63, 3.8) is 0 Å². The molecule has 3 N–H and O–H groups in total. The quantitative estimate of drug-likeness (QED) is 0.739. The maximum absolute atomic E-state index is 12.0. The van der Waals surface area contributed by atoms with Crippen LogP contribution in [-0.2, 0) is 10.2 Å². The lowest BCUT2D eigenvalue weighted by Crippen LogP contribution is -2.47. The molecule has 7 nitrogen and oxygen atoms in total. The van der Waals surface area contributed by atoms with E-state index in [0.717, 1.165) is 11.5 Å². The molecule has 1 aromatic heterocycles. The second kappa shape index (κ2) is 5.62. The average molecular weight is 287 g/mol. The fourth-order valence-corrected chi connectivity index (χ4v) is 2.21. The predicted octanol–water partition coefficient (Wildman–Crippen LogP) is 0.399. The summed E-state index contributed by atoms with van der Waals surface area (Å²) in [5.41, 5.74) is 0.133. The van der Waals surface area contributed by atoms with Gasteiger partial charge in [0.25, 0.3) is 5.91 Å². The first kappa shape index (κ1) is 15.5. The number of carbonyl (C=O) groups is 2. The van der Waals surface area contributed by atoms with Crippen molar-refractivity contribution in [1.29, 1.82) is 0 Å². The highest BCUT2D eigenvalue weighted by molar-refractivity contribution is 7.08. The average Bonchev–Trinajstić information content (AvgIpc) is 2.72. The summed E-state index contributed by atoms with van der Waals surface area (Å²) in [7, 11) is 0. The van der Waals surface area contributed by atoms with Gasteiger partial charge in [-0.05, 0) is 18.5 Å². The van der Waals surface area contributed by atoms with E-state index in [-0.39, 0.29) is 10.3 Å². The molecule has 0 aromatic carbocycles. The number of hydrogen-bond acceptors (Lipinski definition) is 6. The van der Waals surface area contributed by atoms with Gasteiger partial charge in [-0.2, -0.15) is 0 Å². The molecular formula is C11H17N3O4S. The van der Waals surface area contributed by atoms with Crippen molar-refractivity contribution in [3.05, 3.63) is 10.6 Å². The number of nitrogens with zero attached hydrogens (tertiary/aromatic N) is 2. The maximum Gasteiger partial charge on any atom is 0.328 e. The summed E-state index contributed by atoms with van der Waals surface area (Å²) in [6, 6.07) is -1.36. The normalized spacial score (nSPS) is 14.8. The van der Waals surface area contributed by atoms with Crippen LogP contribution in [0.4, 0.5) is 0 Å². The molecule has 0 saturated heterocycles. The van der Waals surface area contributed by atoms with Crippen molar-refractivity contribution in [3.8, 4) is 0 Å². The van der Waals surface area contributed by atoms with Gasteiger partial charge < -0.3 is 15.5 Å². The fraction of sp³-hybridized carbons (Fsp3) is 0.636. The third-order valence-electron chi connectivity index (χ3n) is 2.44. The monoisotopic (exact) mass is 287 g/mol. The van der Waals surface area contributed by atoms with E-state index in [2.05, 4.69) is 14.9 Å². The Labute approximate surface area is 114 Å². The Morgan fingerprint density at radius 3 is 2.37 bits per heavy atom. The van der Waals surface area contributed by atoms with Gasteiger partial charge in [0, 0.05) is 5.41 Å². The zero-order valence-electron chi connectivity index (χ0n) is 11.2. The van der Waals surface area contributed by atoms with Crippen LogP contribution in [0.5, 0.6) is 0 Å². The number of aliphatic hydroxyl groups is 1. The third kappa shape index (κ3) is 3.71. The molecule has 19 heavy (non-hydrogen) atoms. The topological polar surface area (TPSA) is 112 Å². The smallest absolute Gasteiger partial charge is 0.328 e. The van der Waals surface area contributed by atoms with Gasteiger partial charge in [0.05, 0.1) is 11.8 Å². The van der Waals surface area contributed by atoms with Crippen molar-refractivity contribution in [2.45, 2.75) is 45.3 Å². The number of amides is 1. The molecule has 0 fully saturated rings. The SMILES string of the molecule is CC(O)C(NC(=O)c1snnc1C(C)(C)C)C(=O)O. The summed E-state index contributed by atoms with van der Waals surface area (Å²) in [5.74, 6) is -1.88. The zero-order valence-corrected chi connectivity index (χ0v) is 12.0. The number of aliphatic carboxylic acids is 1. The Bertz CT molecular complexity index is 479. The molecule has 0 radical (unpaired) electrons. The number of nitrogens with one attached hydrogen (secondary N) is 1. The van der Waals surface area contributed by atoms with Crippen LogP contribution in [0.1, 0.15) is 43.1 Å². The van der Waals surface area contributed by atoms with Crippen molar-refractivity contribution in [2.24, 2.45) is 0 Å². The summed E-state index contributed by atoms with van der Waals surface area (Å²) in [6.45, 7) is 6.94. The molecule has 0 spiro atoms. The lowest BCUT2D eigenvalue weighted by Gasteiger charge is -2.19. The van der Waals surface area contributed by atoms with Gasteiger partial charge in [-0.15, -0.1) is 5.10 Å². The number of carboxylic acid groups (broad SMARTS) is 1. The third-order valence-corrected chi connectivity index (χ3v) is 3.16. The minimum atomic E-state index is -1.36. The molecule has 0 aliphatic carbocycles. The van der Waals surface area contributed by atoms with E-state index in [0.29, 0.717) is 5.69 Å². The molecule has 0 bridgehead atoms. The van der Waals surface area contributed by atoms with Crippen LogP contribution in [0.25, 0.3) is 0 Å². The number of aromatic nitrogens is 2. The first-order valence-electron chi connectivity index (χ1n) is 5.69. The highest BCUT2D eigenvalue weighted by Gasteiger charge is 2.30. The molecule has 1 amide bonds. The van der Waals surface area contributed by atoms with Crippen LogP contribution in [0.2, 0.25) is 0 Å². The molecule has 0 aliphatic heterocycles. The summed E-state index contributed by atoms with van der Waals surface area (Å²) in [5, 5.41) is 24.4. The minimum absolute atomic E-state index is 0.263. The Kier molecular flexibility index (Phi) is 4.59. The Morgan fingerprint density at radius 2 is 1.95 bits per heavy atom. The minimum Gasteiger partial charge on any atom is -0.480 e. The van der Waals surface area contributed by atoms with Crippen LogP contribution in [0.15, 0.2) is 0 Å². The summed E-state index contributed by atoms with van der Waals surface area (Å²) in [4.78, 5) is 23.2. The summed E-state index contributed by atoms with van der Waals surface area (Å²) < 4.78 is 3.73. The van der Waals surface area contributed by atoms with Crippen molar-refractivity contribution in [2.75, 3.05) is 0 Å². The standard InChI is InChI=1S/C11H17N3O4S/c1-5(15)6(10(17)18)12-9(16)7-8(11(2,3)4)13-14-19-7/h5-6,15H,1-4H3,(H,12,16)(H,17,18). The molecule has 0 saturated carbocycles. The van der Waals surface area contributed by atoms with E-state index in [9.17, 15) is 14.7 Å². The molecule has 1 heterocycles. The Balaban J connectivity index is 2.96. The zero-order chi connectivity index (χ0) is 14.8. The van der Waals surface area contributed by atoms with Crippen molar-refractivity contribution >= 4 is 23.4 Å². The second-order valence-electron chi connectivity index (χ2n) is 5.23. The van der Waals surface area contributed by atoms with Gasteiger partial charge >= 0.3 is 5.97 Å². The predicted molar refractivity (Wildman–Crippen MR) is 69.2 cm³/mol.